The summed E-state index contributed by atoms with van der Waals surface area (Å²) in [5.74, 6) is 0.824. The number of benzene rings is 2. The van der Waals surface area contributed by atoms with Gasteiger partial charge in [0.2, 0.25) is 5.02 Å². The zero-order valence-electron chi connectivity index (χ0n) is 20.2. The van der Waals surface area contributed by atoms with E-state index in [9.17, 15) is 9.59 Å². The molecule has 3 N–H and O–H groups in total. The molecule has 0 bridgehead atoms. The van der Waals surface area contributed by atoms with E-state index in [0.29, 0.717) is 31.3 Å². The average Bonchev–Trinajstić information content (AvgIpc) is 2.90. The Kier molecular flexibility index (Phi) is 8.24. The number of morpholine rings is 1. The lowest BCUT2D eigenvalue weighted by Gasteiger charge is -2.30. The van der Waals surface area contributed by atoms with Gasteiger partial charge < -0.3 is 30.3 Å². The van der Waals surface area contributed by atoms with E-state index < -0.39 is 0 Å². The lowest BCUT2D eigenvalue weighted by Crippen LogP contribution is -2.37. The van der Waals surface area contributed by atoms with Crippen molar-refractivity contribution >= 4 is 23.3 Å². The van der Waals surface area contributed by atoms with Crippen molar-refractivity contribution in [1.82, 2.24) is 15.6 Å². The first kappa shape index (κ1) is 25.3. The number of hydrogen-bond donors (Lipinski definition) is 3. The Morgan fingerprint density at radius 2 is 1.83 bits per heavy atom. The third-order valence-electron chi connectivity index (χ3n) is 5.70. The Morgan fingerprint density at radius 3 is 2.56 bits per heavy atom. The van der Waals surface area contributed by atoms with E-state index in [2.05, 4.69) is 25.8 Å². The number of carbonyl (C=O) groups excluding carboxylic acids is 2. The molecule has 1 saturated heterocycles. The van der Waals surface area contributed by atoms with Crippen LogP contribution in [0.2, 0.25) is 5.02 Å². The second-order valence-electron chi connectivity index (χ2n) is 8.24. The minimum atomic E-state index is -0.306. The molecule has 188 valence electrons. The van der Waals surface area contributed by atoms with E-state index in [1.54, 1.807) is 31.3 Å². The number of ether oxygens (including phenoxy) is 2. The molecule has 1 fully saturated rings. The Bertz CT molecular complexity index is 1230. The van der Waals surface area contributed by atoms with E-state index >= 15 is 0 Å². The number of urea groups is 1. The van der Waals surface area contributed by atoms with Crippen molar-refractivity contribution in [2.45, 2.75) is 13.5 Å². The van der Waals surface area contributed by atoms with Crippen LogP contribution in [0.5, 0.6) is 11.5 Å². The molecule has 0 radical (unpaired) electrons. The predicted molar refractivity (Wildman–Crippen MR) is 135 cm³/mol. The molecule has 0 unspecified atom stereocenters. The third kappa shape index (κ3) is 6.44. The van der Waals surface area contributed by atoms with Gasteiger partial charge in [0.15, 0.2) is 11.6 Å². The SMILES string of the molecule is CNC(=O)c1cc(Oc2ccc(CNC(=O)Nc3cc(C)c([ClH+])cc3N3CCOCC3)cc2)ccn1. The molecule has 36 heavy (non-hydrogen) atoms. The molecule has 10 heteroatoms. The number of hydrogen-bond acceptors (Lipinski definition) is 6. The number of halogens is 1. The maximum atomic E-state index is 12.7. The number of rotatable bonds is 7. The van der Waals surface area contributed by atoms with Crippen LogP contribution in [-0.4, -0.2) is 50.3 Å². The van der Waals surface area contributed by atoms with E-state index in [4.69, 9.17) is 21.1 Å². The normalized spacial score (nSPS) is 13.1. The number of nitrogens with zero attached hydrogens (tertiary/aromatic N) is 2. The van der Waals surface area contributed by atoms with Gasteiger partial charge in [-0.15, -0.1) is 0 Å². The van der Waals surface area contributed by atoms with Gasteiger partial charge in [0.1, 0.15) is 17.2 Å². The lowest BCUT2D eigenvalue weighted by molar-refractivity contribution is -0.289. The molecule has 0 saturated carbocycles. The molecule has 2 aromatic carbocycles. The number of carbonyl (C=O) groups is 2. The summed E-state index contributed by atoms with van der Waals surface area (Å²) in [5, 5.41) is 9.16. The van der Waals surface area contributed by atoms with Gasteiger partial charge >= 0.3 is 6.03 Å². The molecular weight excluding hydrogens is 482 g/mol. The summed E-state index contributed by atoms with van der Waals surface area (Å²) in [6.07, 6.45) is 1.52. The monoisotopic (exact) mass is 510 g/mol. The van der Waals surface area contributed by atoms with Crippen molar-refractivity contribution in [3.63, 3.8) is 0 Å². The summed E-state index contributed by atoms with van der Waals surface area (Å²) in [6.45, 7) is 5.05. The highest BCUT2D eigenvalue weighted by Crippen LogP contribution is 2.31. The number of aromatic nitrogens is 1. The van der Waals surface area contributed by atoms with Crippen LogP contribution in [0, 0.1) is 18.5 Å². The lowest BCUT2D eigenvalue weighted by atomic mass is 10.1. The molecule has 0 aliphatic carbocycles. The van der Waals surface area contributed by atoms with Gasteiger partial charge in [0.05, 0.1) is 24.6 Å². The molecule has 1 aliphatic heterocycles. The van der Waals surface area contributed by atoms with E-state index in [-0.39, 0.29) is 17.6 Å². The fraction of sp³-hybridized carbons (Fsp3) is 0.269. The van der Waals surface area contributed by atoms with Crippen LogP contribution >= 0.6 is 0 Å². The highest BCUT2D eigenvalue weighted by Gasteiger charge is 2.20. The van der Waals surface area contributed by atoms with Gasteiger partial charge in [-0.05, 0) is 36.8 Å². The zero-order valence-corrected chi connectivity index (χ0v) is 21.0. The Balaban J connectivity index is 1.35. The molecular formula is C26H29ClN5O4+. The van der Waals surface area contributed by atoms with Crippen LogP contribution in [-0.2, 0) is 11.3 Å². The molecule has 4 rings (SSSR count). The van der Waals surface area contributed by atoms with Crippen LogP contribution in [0.1, 0.15) is 21.6 Å². The van der Waals surface area contributed by atoms with Crippen molar-refractivity contribution in [3.05, 3.63) is 76.6 Å². The Labute approximate surface area is 214 Å². The summed E-state index contributed by atoms with van der Waals surface area (Å²) >= 11 is 5.46. The average molecular weight is 511 g/mol. The largest absolute Gasteiger partial charge is 0.457 e. The summed E-state index contributed by atoms with van der Waals surface area (Å²) in [7, 11) is 1.55. The molecule has 3 aromatic rings. The van der Waals surface area contributed by atoms with Crippen molar-refractivity contribution in [1.29, 1.82) is 0 Å². The van der Waals surface area contributed by atoms with Crippen molar-refractivity contribution in [2.75, 3.05) is 43.6 Å². The third-order valence-corrected chi connectivity index (χ3v) is 6.14. The van der Waals surface area contributed by atoms with Crippen LogP contribution in [0.25, 0.3) is 0 Å². The van der Waals surface area contributed by atoms with Gasteiger partial charge in [-0.3, -0.25) is 9.78 Å². The van der Waals surface area contributed by atoms with Crippen molar-refractivity contribution in [2.24, 2.45) is 0 Å². The smallest absolute Gasteiger partial charge is 0.319 e. The van der Waals surface area contributed by atoms with Crippen molar-refractivity contribution in [3.8, 4) is 11.5 Å². The maximum Gasteiger partial charge on any atom is 0.319 e. The second-order valence-corrected chi connectivity index (χ2v) is 8.68. The number of pyridine rings is 1. The van der Waals surface area contributed by atoms with Crippen LogP contribution in [0.15, 0.2) is 54.7 Å². The number of amides is 3. The fourth-order valence-corrected chi connectivity index (χ4v) is 3.90. The van der Waals surface area contributed by atoms with E-state index in [0.717, 1.165) is 40.6 Å². The molecule has 9 nitrogen and oxygen atoms in total. The van der Waals surface area contributed by atoms with E-state index in [1.807, 2.05) is 31.2 Å². The minimum Gasteiger partial charge on any atom is -0.457 e. The number of aryl methyl sites for hydroxylation is 1. The van der Waals surface area contributed by atoms with Crippen LogP contribution < -0.4 is 25.6 Å². The highest BCUT2D eigenvalue weighted by atomic mass is 35.5. The topological polar surface area (TPSA) is 105 Å². The summed E-state index contributed by atoms with van der Waals surface area (Å²) in [6, 6.07) is 14.1. The zero-order chi connectivity index (χ0) is 25.5. The first-order valence-electron chi connectivity index (χ1n) is 11.6. The highest BCUT2D eigenvalue weighted by molar-refractivity contribution is 5.93. The summed E-state index contributed by atoms with van der Waals surface area (Å²) in [4.78, 5) is 30.6. The number of anilines is 2. The first-order chi connectivity index (χ1) is 17.4. The Hall–Kier alpha value is -3.82. The molecule has 1 aliphatic rings. The van der Waals surface area contributed by atoms with Gasteiger partial charge in [-0.2, -0.15) is 0 Å². The molecule has 1 aromatic heterocycles. The number of nitrogens with one attached hydrogen (secondary N) is 3. The molecule has 3 amide bonds. The maximum absolute atomic E-state index is 12.7. The second kappa shape index (κ2) is 11.7. The summed E-state index contributed by atoms with van der Waals surface area (Å²) in [5.41, 5.74) is 3.74. The first-order valence-corrected chi connectivity index (χ1v) is 12.0. The van der Waals surface area contributed by atoms with Gasteiger partial charge in [-0.25, -0.2) is 4.79 Å². The van der Waals surface area contributed by atoms with Crippen molar-refractivity contribution < 1.29 is 30.7 Å². The summed E-state index contributed by atoms with van der Waals surface area (Å²) < 4.78 is 11.3. The molecule has 2 heterocycles. The minimum absolute atomic E-state index is 0.274. The predicted octanol–water partition coefficient (Wildman–Crippen LogP) is 3.40. The van der Waals surface area contributed by atoms with Crippen LogP contribution in [0.4, 0.5) is 16.2 Å². The van der Waals surface area contributed by atoms with Gasteiger partial charge in [0, 0.05) is 50.6 Å². The van der Waals surface area contributed by atoms with Gasteiger partial charge in [0.25, 0.3) is 5.91 Å². The fourth-order valence-electron chi connectivity index (χ4n) is 3.73. The molecule has 0 spiro atoms. The quantitative estimate of drug-likeness (QED) is 0.450. The van der Waals surface area contributed by atoms with E-state index in [1.165, 1.54) is 6.20 Å². The molecule has 0 atom stereocenters. The van der Waals surface area contributed by atoms with Gasteiger partial charge in [-0.1, -0.05) is 12.1 Å². The standard InChI is InChI=1S/C26H28ClN5O4/c1-17-13-22(24(15-21(17)27)32-9-11-35-12-10-32)31-26(34)30-16-18-3-5-19(6-4-18)36-20-7-8-29-23(14-20)25(33)28-2/h3-8,13-15,27H,9-12,16H2,1-2H3,(H2-,28,30,31,33,34)/p+1. The van der Waals surface area contributed by atoms with Crippen LogP contribution in [0.3, 0.4) is 0 Å². The Morgan fingerprint density at radius 1 is 1.08 bits per heavy atom.